The number of nitrogens with zero attached hydrogens (tertiary/aromatic N) is 1. The fourth-order valence-corrected chi connectivity index (χ4v) is 3.93. The standard InChI is InChI=1S/C22H25FN2O/c23-22(11-12-22)21(26)25-13-5-10-19(24)20(25)15-16-6-4-9-18(14-16)17-7-2-1-3-8-17/h1-4,6-9,14,19-20H,5,10-13,15,24H2. The lowest BCUT2D eigenvalue weighted by Gasteiger charge is -2.40. The number of benzene rings is 2. The van der Waals surface area contributed by atoms with E-state index in [-0.39, 0.29) is 18.0 Å². The van der Waals surface area contributed by atoms with Crippen molar-refractivity contribution in [3.05, 3.63) is 60.2 Å². The molecule has 4 heteroatoms. The second-order valence-electron chi connectivity index (χ2n) is 7.61. The molecule has 2 aromatic carbocycles. The molecule has 0 aromatic heterocycles. The maximum atomic E-state index is 14.4. The lowest BCUT2D eigenvalue weighted by molar-refractivity contribution is -0.142. The molecule has 2 atom stereocenters. The van der Waals surface area contributed by atoms with Crippen LogP contribution in [-0.4, -0.2) is 35.1 Å². The number of alkyl halides is 1. The third kappa shape index (κ3) is 3.38. The summed E-state index contributed by atoms with van der Waals surface area (Å²) in [5, 5.41) is 0. The van der Waals surface area contributed by atoms with Gasteiger partial charge < -0.3 is 10.6 Å². The van der Waals surface area contributed by atoms with E-state index in [0.29, 0.717) is 25.8 Å². The molecule has 1 saturated heterocycles. The molecule has 4 rings (SSSR count). The molecular weight excluding hydrogens is 327 g/mol. The van der Waals surface area contributed by atoms with Crippen LogP contribution in [0.5, 0.6) is 0 Å². The van der Waals surface area contributed by atoms with Crippen molar-refractivity contribution in [2.45, 2.75) is 49.9 Å². The summed E-state index contributed by atoms with van der Waals surface area (Å²) in [6.45, 7) is 0.612. The minimum absolute atomic E-state index is 0.101. The van der Waals surface area contributed by atoms with E-state index < -0.39 is 5.67 Å². The van der Waals surface area contributed by atoms with Gasteiger partial charge in [-0.1, -0.05) is 54.6 Å². The van der Waals surface area contributed by atoms with Crippen molar-refractivity contribution in [1.82, 2.24) is 4.90 Å². The zero-order chi connectivity index (χ0) is 18.1. The number of likely N-dealkylation sites (tertiary alicyclic amines) is 1. The van der Waals surface area contributed by atoms with Gasteiger partial charge in [0.25, 0.3) is 5.91 Å². The van der Waals surface area contributed by atoms with Crippen LogP contribution >= 0.6 is 0 Å². The predicted octanol–water partition coefficient (Wildman–Crippen LogP) is 3.72. The molecule has 1 aliphatic heterocycles. The monoisotopic (exact) mass is 352 g/mol. The first-order chi connectivity index (χ1) is 12.6. The van der Waals surface area contributed by atoms with E-state index in [9.17, 15) is 9.18 Å². The summed E-state index contributed by atoms with van der Waals surface area (Å²) >= 11 is 0. The SMILES string of the molecule is NC1CCCN(C(=O)C2(F)CC2)C1Cc1cccc(-c2ccccc2)c1. The summed E-state index contributed by atoms with van der Waals surface area (Å²) in [5.74, 6) is -0.350. The molecule has 2 fully saturated rings. The second-order valence-corrected chi connectivity index (χ2v) is 7.61. The zero-order valence-electron chi connectivity index (χ0n) is 14.9. The summed E-state index contributed by atoms with van der Waals surface area (Å²) in [7, 11) is 0. The smallest absolute Gasteiger partial charge is 0.260 e. The summed E-state index contributed by atoms with van der Waals surface area (Å²) < 4.78 is 14.4. The summed E-state index contributed by atoms with van der Waals surface area (Å²) in [6, 6.07) is 18.3. The van der Waals surface area contributed by atoms with Gasteiger partial charge in [-0.3, -0.25) is 4.79 Å². The lowest BCUT2D eigenvalue weighted by atomic mass is 9.90. The van der Waals surface area contributed by atoms with E-state index in [4.69, 9.17) is 5.73 Å². The van der Waals surface area contributed by atoms with Crippen LogP contribution in [0.2, 0.25) is 0 Å². The van der Waals surface area contributed by atoms with Crippen LogP contribution < -0.4 is 5.73 Å². The van der Waals surface area contributed by atoms with Gasteiger partial charge in [-0.25, -0.2) is 4.39 Å². The van der Waals surface area contributed by atoms with Gasteiger partial charge in [-0.05, 0) is 48.8 Å². The first kappa shape index (κ1) is 17.2. The van der Waals surface area contributed by atoms with Crippen LogP contribution in [0.3, 0.4) is 0 Å². The molecule has 0 bridgehead atoms. The molecule has 136 valence electrons. The second kappa shape index (κ2) is 6.84. The molecule has 26 heavy (non-hydrogen) atoms. The fourth-order valence-electron chi connectivity index (χ4n) is 3.93. The highest BCUT2D eigenvalue weighted by Crippen LogP contribution is 2.42. The maximum Gasteiger partial charge on any atom is 0.260 e. The largest absolute Gasteiger partial charge is 0.335 e. The Morgan fingerprint density at radius 2 is 1.85 bits per heavy atom. The zero-order valence-corrected chi connectivity index (χ0v) is 14.9. The van der Waals surface area contributed by atoms with Crippen LogP contribution in [-0.2, 0) is 11.2 Å². The summed E-state index contributed by atoms with van der Waals surface area (Å²) in [6.07, 6.45) is 3.11. The number of hydrogen-bond acceptors (Lipinski definition) is 2. The van der Waals surface area contributed by atoms with Gasteiger partial charge in [0.05, 0.1) is 6.04 Å². The molecule has 3 nitrogen and oxygen atoms in total. The molecule has 2 aromatic rings. The molecule has 2 unspecified atom stereocenters. The number of rotatable bonds is 4. The molecule has 0 radical (unpaired) electrons. The minimum Gasteiger partial charge on any atom is -0.335 e. The Kier molecular flexibility index (Phi) is 4.53. The maximum absolute atomic E-state index is 14.4. The Bertz CT molecular complexity index is 788. The van der Waals surface area contributed by atoms with E-state index in [0.717, 1.165) is 29.5 Å². The normalized spacial score (nSPS) is 24.3. The van der Waals surface area contributed by atoms with Gasteiger partial charge in [0.1, 0.15) is 0 Å². The molecular formula is C22H25FN2O. The molecule has 2 N–H and O–H groups in total. The highest BCUT2D eigenvalue weighted by atomic mass is 19.1. The van der Waals surface area contributed by atoms with E-state index >= 15 is 0 Å². The van der Waals surface area contributed by atoms with Gasteiger partial charge in [0.15, 0.2) is 5.67 Å². The first-order valence-electron chi connectivity index (χ1n) is 9.47. The van der Waals surface area contributed by atoms with Crippen molar-refractivity contribution >= 4 is 5.91 Å². The Balaban J connectivity index is 1.57. The van der Waals surface area contributed by atoms with Gasteiger partial charge in [-0.2, -0.15) is 0 Å². The fraction of sp³-hybridized carbons (Fsp3) is 0.409. The van der Waals surface area contributed by atoms with E-state index in [2.05, 4.69) is 30.3 Å². The third-order valence-corrected chi connectivity index (χ3v) is 5.64. The third-order valence-electron chi connectivity index (χ3n) is 5.64. The molecule has 1 saturated carbocycles. The molecule has 2 aliphatic rings. The number of hydrogen-bond donors (Lipinski definition) is 1. The van der Waals surface area contributed by atoms with Crippen LogP contribution in [0.1, 0.15) is 31.2 Å². The Morgan fingerprint density at radius 1 is 1.12 bits per heavy atom. The molecule has 0 spiro atoms. The van der Waals surface area contributed by atoms with Crippen molar-refractivity contribution in [3.63, 3.8) is 0 Å². The van der Waals surface area contributed by atoms with Crippen LogP contribution in [0.15, 0.2) is 54.6 Å². The Hall–Kier alpha value is -2.20. The molecule has 1 aliphatic carbocycles. The number of piperidine rings is 1. The topological polar surface area (TPSA) is 46.3 Å². The molecule has 1 amide bonds. The highest BCUT2D eigenvalue weighted by molar-refractivity contribution is 5.88. The van der Waals surface area contributed by atoms with Crippen molar-refractivity contribution in [3.8, 4) is 11.1 Å². The van der Waals surface area contributed by atoms with E-state index in [1.807, 2.05) is 24.3 Å². The van der Waals surface area contributed by atoms with E-state index in [1.165, 1.54) is 0 Å². The predicted molar refractivity (Wildman–Crippen MR) is 101 cm³/mol. The van der Waals surface area contributed by atoms with Crippen molar-refractivity contribution < 1.29 is 9.18 Å². The highest BCUT2D eigenvalue weighted by Gasteiger charge is 2.54. The van der Waals surface area contributed by atoms with Crippen LogP contribution in [0, 0.1) is 0 Å². The number of carbonyl (C=O) groups is 1. The van der Waals surface area contributed by atoms with Gasteiger partial charge in [0, 0.05) is 12.6 Å². The Morgan fingerprint density at radius 3 is 2.58 bits per heavy atom. The number of amides is 1. The van der Waals surface area contributed by atoms with Crippen molar-refractivity contribution in [2.24, 2.45) is 5.73 Å². The molecule has 1 heterocycles. The summed E-state index contributed by atoms with van der Waals surface area (Å²) in [4.78, 5) is 14.3. The van der Waals surface area contributed by atoms with Gasteiger partial charge >= 0.3 is 0 Å². The number of nitrogens with two attached hydrogens (primary N) is 1. The Labute approximate surface area is 154 Å². The first-order valence-corrected chi connectivity index (χ1v) is 9.47. The summed E-state index contributed by atoms with van der Waals surface area (Å²) in [5.41, 5.74) is 8.17. The van der Waals surface area contributed by atoms with E-state index in [1.54, 1.807) is 4.90 Å². The number of halogens is 1. The van der Waals surface area contributed by atoms with Crippen LogP contribution in [0.25, 0.3) is 11.1 Å². The average Bonchev–Trinajstić information content (AvgIpc) is 3.42. The van der Waals surface area contributed by atoms with Gasteiger partial charge in [-0.15, -0.1) is 0 Å². The minimum atomic E-state index is -1.62. The van der Waals surface area contributed by atoms with Crippen molar-refractivity contribution in [1.29, 1.82) is 0 Å². The van der Waals surface area contributed by atoms with Crippen LogP contribution in [0.4, 0.5) is 4.39 Å². The van der Waals surface area contributed by atoms with Crippen molar-refractivity contribution in [2.75, 3.05) is 6.54 Å². The number of carbonyl (C=O) groups excluding carboxylic acids is 1. The lowest BCUT2D eigenvalue weighted by Crippen LogP contribution is -2.57. The quantitative estimate of drug-likeness (QED) is 0.912. The average molecular weight is 352 g/mol. The van der Waals surface area contributed by atoms with Gasteiger partial charge in [0.2, 0.25) is 0 Å².